The summed E-state index contributed by atoms with van der Waals surface area (Å²) >= 11 is 0. The molecule has 0 aliphatic carbocycles. The second-order valence-electron chi connectivity index (χ2n) is 5.72. The number of nitrogens with one attached hydrogen (secondary N) is 1. The van der Waals surface area contributed by atoms with Crippen LogP contribution >= 0.6 is 0 Å². The van der Waals surface area contributed by atoms with Gasteiger partial charge in [-0.15, -0.1) is 0 Å². The van der Waals surface area contributed by atoms with E-state index in [1.807, 2.05) is 0 Å². The maximum Gasteiger partial charge on any atom is 0.262 e. The van der Waals surface area contributed by atoms with E-state index in [0.717, 1.165) is 12.1 Å². The van der Waals surface area contributed by atoms with Crippen LogP contribution in [0.25, 0.3) is 0 Å². The van der Waals surface area contributed by atoms with Crippen LogP contribution < -0.4 is 14.4 Å². The minimum absolute atomic E-state index is 0.00806. The molecular formula is C17H17FN2O4S. The molecule has 0 saturated carbocycles. The van der Waals surface area contributed by atoms with E-state index in [1.54, 1.807) is 18.2 Å². The largest absolute Gasteiger partial charge is 0.490 e. The van der Waals surface area contributed by atoms with Crippen LogP contribution in [0.1, 0.15) is 12.5 Å². The van der Waals surface area contributed by atoms with Crippen LogP contribution in [0.15, 0.2) is 41.3 Å². The molecule has 0 aromatic heterocycles. The second kappa shape index (κ2) is 6.36. The first-order valence-electron chi connectivity index (χ1n) is 7.62. The Hall–Kier alpha value is -2.61. The summed E-state index contributed by atoms with van der Waals surface area (Å²) in [5, 5.41) is 0. The van der Waals surface area contributed by atoms with Crippen LogP contribution in [0.5, 0.6) is 5.75 Å². The fraction of sp³-hybridized carbons (Fsp3) is 0.235. The van der Waals surface area contributed by atoms with Crippen molar-refractivity contribution in [2.24, 2.45) is 0 Å². The standard InChI is InChI=1S/C17H17FN2O4S/c1-11-9-13(18)3-6-17(11)25(22,23)19-14-4-5-16-15(10-14)20(12(2)21)7-8-24-16/h3-6,9-10,19H,7-8H2,1-2H3. The van der Waals surface area contributed by atoms with Gasteiger partial charge in [-0.05, 0) is 48.9 Å². The molecule has 1 N–H and O–H groups in total. The van der Waals surface area contributed by atoms with Gasteiger partial charge in [0.1, 0.15) is 18.2 Å². The Morgan fingerprint density at radius 1 is 1.24 bits per heavy atom. The molecule has 1 aliphatic rings. The van der Waals surface area contributed by atoms with Gasteiger partial charge in [0, 0.05) is 6.92 Å². The lowest BCUT2D eigenvalue weighted by atomic mass is 10.2. The number of ether oxygens (including phenoxy) is 1. The zero-order valence-corrected chi connectivity index (χ0v) is 14.6. The van der Waals surface area contributed by atoms with Crippen molar-refractivity contribution in [1.29, 1.82) is 0 Å². The number of aryl methyl sites for hydroxylation is 1. The van der Waals surface area contributed by atoms with Crippen molar-refractivity contribution in [3.63, 3.8) is 0 Å². The normalized spacial score (nSPS) is 13.8. The lowest BCUT2D eigenvalue weighted by Gasteiger charge is -2.29. The van der Waals surface area contributed by atoms with Crippen molar-refractivity contribution in [2.45, 2.75) is 18.7 Å². The molecular weight excluding hydrogens is 347 g/mol. The fourth-order valence-electron chi connectivity index (χ4n) is 2.73. The highest BCUT2D eigenvalue weighted by molar-refractivity contribution is 7.92. The van der Waals surface area contributed by atoms with Gasteiger partial charge in [0.25, 0.3) is 10.0 Å². The van der Waals surface area contributed by atoms with Crippen molar-refractivity contribution in [3.8, 4) is 5.75 Å². The summed E-state index contributed by atoms with van der Waals surface area (Å²) in [6, 6.07) is 8.19. The average Bonchev–Trinajstić information content (AvgIpc) is 2.53. The average molecular weight is 364 g/mol. The maximum absolute atomic E-state index is 13.2. The molecule has 6 nitrogen and oxygen atoms in total. The Morgan fingerprint density at radius 3 is 2.68 bits per heavy atom. The van der Waals surface area contributed by atoms with E-state index in [2.05, 4.69) is 4.72 Å². The Bertz CT molecular complexity index is 944. The second-order valence-corrected chi connectivity index (χ2v) is 7.37. The van der Waals surface area contributed by atoms with Gasteiger partial charge in [-0.25, -0.2) is 12.8 Å². The third-order valence-corrected chi connectivity index (χ3v) is 5.42. The van der Waals surface area contributed by atoms with Gasteiger partial charge < -0.3 is 9.64 Å². The van der Waals surface area contributed by atoms with E-state index < -0.39 is 15.8 Å². The molecule has 0 unspecified atom stereocenters. The summed E-state index contributed by atoms with van der Waals surface area (Å²) in [5.41, 5.74) is 1.10. The Morgan fingerprint density at radius 2 is 2.00 bits per heavy atom. The molecule has 1 heterocycles. The molecule has 1 aliphatic heterocycles. The number of sulfonamides is 1. The minimum atomic E-state index is -3.89. The number of hydrogen-bond donors (Lipinski definition) is 1. The van der Waals surface area contributed by atoms with Gasteiger partial charge in [-0.3, -0.25) is 9.52 Å². The van der Waals surface area contributed by atoms with Crippen LogP contribution in [0.2, 0.25) is 0 Å². The van der Waals surface area contributed by atoms with E-state index >= 15 is 0 Å². The summed E-state index contributed by atoms with van der Waals surface area (Å²) < 4.78 is 46.3. The minimum Gasteiger partial charge on any atom is -0.490 e. The third-order valence-electron chi connectivity index (χ3n) is 3.88. The third kappa shape index (κ3) is 3.43. The highest BCUT2D eigenvalue weighted by Gasteiger charge is 2.23. The monoisotopic (exact) mass is 364 g/mol. The van der Waals surface area contributed by atoms with Crippen LogP contribution in [-0.2, 0) is 14.8 Å². The molecule has 132 valence electrons. The lowest BCUT2D eigenvalue weighted by Crippen LogP contribution is -2.36. The molecule has 0 bridgehead atoms. The first kappa shape index (κ1) is 17.2. The molecule has 3 rings (SSSR count). The van der Waals surface area contributed by atoms with Gasteiger partial charge in [-0.1, -0.05) is 0 Å². The predicted octanol–water partition coefficient (Wildman–Crippen LogP) is 2.68. The molecule has 0 saturated heterocycles. The molecule has 1 amide bonds. The first-order valence-corrected chi connectivity index (χ1v) is 9.10. The quantitative estimate of drug-likeness (QED) is 0.909. The fourth-order valence-corrected chi connectivity index (χ4v) is 4.01. The van der Waals surface area contributed by atoms with Crippen molar-refractivity contribution in [3.05, 3.63) is 47.8 Å². The van der Waals surface area contributed by atoms with Gasteiger partial charge in [0.15, 0.2) is 0 Å². The molecule has 8 heteroatoms. The van der Waals surface area contributed by atoms with Crippen LogP contribution in [0.3, 0.4) is 0 Å². The number of anilines is 2. The summed E-state index contributed by atoms with van der Waals surface area (Å²) in [5.74, 6) is -0.138. The summed E-state index contributed by atoms with van der Waals surface area (Å²) in [6.07, 6.45) is 0. The van der Waals surface area contributed by atoms with E-state index in [1.165, 1.54) is 24.8 Å². The Kier molecular flexibility index (Phi) is 4.38. The zero-order chi connectivity index (χ0) is 18.2. The van der Waals surface area contributed by atoms with Crippen LogP contribution in [-0.4, -0.2) is 27.5 Å². The van der Waals surface area contributed by atoms with E-state index in [9.17, 15) is 17.6 Å². The number of amides is 1. The lowest BCUT2D eigenvalue weighted by molar-refractivity contribution is -0.116. The van der Waals surface area contributed by atoms with E-state index in [4.69, 9.17) is 4.74 Å². The number of halogens is 1. The number of fused-ring (bicyclic) bond motifs is 1. The number of rotatable bonds is 3. The zero-order valence-electron chi connectivity index (χ0n) is 13.7. The predicted molar refractivity (Wildman–Crippen MR) is 91.9 cm³/mol. The van der Waals surface area contributed by atoms with Gasteiger partial charge in [0.05, 0.1) is 22.8 Å². The Balaban J connectivity index is 1.95. The van der Waals surface area contributed by atoms with Crippen molar-refractivity contribution in [1.82, 2.24) is 0 Å². The SMILES string of the molecule is CC(=O)N1CCOc2ccc(NS(=O)(=O)c3ccc(F)cc3C)cc21. The molecule has 25 heavy (non-hydrogen) atoms. The topological polar surface area (TPSA) is 75.7 Å². The molecule has 0 fully saturated rings. The maximum atomic E-state index is 13.2. The summed E-state index contributed by atoms with van der Waals surface area (Å²) in [6.45, 7) is 3.74. The highest BCUT2D eigenvalue weighted by atomic mass is 32.2. The molecule has 2 aromatic carbocycles. The number of hydrogen-bond acceptors (Lipinski definition) is 4. The molecule has 0 spiro atoms. The first-order chi connectivity index (χ1) is 11.8. The van der Waals surface area contributed by atoms with Gasteiger partial charge >= 0.3 is 0 Å². The van der Waals surface area contributed by atoms with Crippen LogP contribution in [0.4, 0.5) is 15.8 Å². The van der Waals surface area contributed by atoms with E-state index in [-0.39, 0.29) is 10.8 Å². The number of carbonyl (C=O) groups excluding carboxylic acids is 1. The summed E-state index contributed by atoms with van der Waals surface area (Å²) in [4.78, 5) is 13.3. The highest BCUT2D eigenvalue weighted by Crippen LogP contribution is 2.35. The van der Waals surface area contributed by atoms with Crippen molar-refractivity contribution < 1.29 is 22.3 Å². The molecule has 0 radical (unpaired) electrons. The van der Waals surface area contributed by atoms with E-state index in [0.29, 0.717) is 35.8 Å². The van der Waals surface area contributed by atoms with Gasteiger partial charge in [0.2, 0.25) is 5.91 Å². The molecule has 2 aromatic rings. The Labute approximate surface area is 145 Å². The molecule has 0 atom stereocenters. The smallest absolute Gasteiger partial charge is 0.262 e. The number of benzene rings is 2. The number of carbonyl (C=O) groups is 1. The number of nitrogens with zero attached hydrogens (tertiary/aromatic N) is 1. The van der Waals surface area contributed by atoms with Gasteiger partial charge in [-0.2, -0.15) is 0 Å². The van der Waals surface area contributed by atoms with Crippen LogP contribution in [0, 0.1) is 12.7 Å². The van der Waals surface area contributed by atoms with Crippen molar-refractivity contribution >= 4 is 27.3 Å². The van der Waals surface area contributed by atoms with Crippen molar-refractivity contribution in [2.75, 3.05) is 22.8 Å². The summed E-state index contributed by atoms with van der Waals surface area (Å²) in [7, 11) is -3.89.